The molecular weight excluding hydrogens is 269 g/mol. The molecular formula is C12H15ClFN5. The molecule has 102 valence electrons. The van der Waals surface area contributed by atoms with E-state index in [-0.39, 0.29) is 0 Å². The fraction of sp³-hybridized carbons (Fsp3) is 0.333. The van der Waals surface area contributed by atoms with Gasteiger partial charge in [0.1, 0.15) is 11.9 Å². The quantitative estimate of drug-likeness (QED) is 0.651. The Balaban J connectivity index is 2.41. The summed E-state index contributed by atoms with van der Waals surface area (Å²) >= 11 is 6.15. The van der Waals surface area contributed by atoms with Gasteiger partial charge in [-0.3, -0.25) is 15.5 Å². The molecule has 1 atom stereocenters. The molecule has 0 aliphatic carbocycles. The van der Waals surface area contributed by atoms with E-state index in [2.05, 4.69) is 15.5 Å². The largest absolute Gasteiger partial charge is 0.270 e. The van der Waals surface area contributed by atoms with E-state index < -0.39 is 11.9 Å². The predicted molar refractivity (Wildman–Crippen MR) is 70.9 cm³/mol. The second kappa shape index (κ2) is 6.10. The third kappa shape index (κ3) is 2.91. The number of hydrogen-bond donors (Lipinski definition) is 2. The summed E-state index contributed by atoms with van der Waals surface area (Å²) in [6.07, 6.45) is 3.63. The maximum absolute atomic E-state index is 12.9. The fourth-order valence-corrected chi connectivity index (χ4v) is 2.16. The molecule has 1 unspecified atom stereocenters. The second-order valence-electron chi connectivity index (χ2n) is 4.10. The molecule has 2 heterocycles. The van der Waals surface area contributed by atoms with Crippen LogP contribution in [0.4, 0.5) is 4.39 Å². The van der Waals surface area contributed by atoms with E-state index in [1.807, 2.05) is 6.92 Å². The van der Waals surface area contributed by atoms with Crippen LogP contribution in [0, 0.1) is 5.82 Å². The first kappa shape index (κ1) is 13.9. The standard InChI is InChI=1S/C12H15ClFN5/c1-2-5-19-12(9(13)7-17-19)11(18-15)10-4-3-8(14)6-16-10/h3-4,6-7,11,18H,2,5,15H2,1H3. The topological polar surface area (TPSA) is 68.8 Å². The highest BCUT2D eigenvalue weighted by Crippen LogP contribution is 2.26. The van der Waals surface area contributed by atoms with Crippen molar-refractivity contribution in [3.8, 4) is 0 Å². The van der Waals surface area contributed by atoms with E-state index in [0.717, 1.165) is 24.9 Å². The van der Waals surface area contributed by atoms with Gasteiger partial charge in [0.25, 0.3) is 0 Å². The van der Waals surface area contributed by atoms with Gasteiger partial charge in [-0.1, -0.05) is 18.5 Å². The van der Waals surface area contributed by atoms with Crippen LogP contribution in [0.15, 0.2) is 24.5 Å². The number of aryl methyl sites for hydroxylation is 1. The number of hydrazine groups is 1. The molecule has 0 fully saturated rings. The lowest BCUT2D eigenvalue weighted by molar-refractivity contribution is 0.513. The maximum atomic E-state index is 12.9. The van der Waals surface area contributed by atoms with E-state index in [4.69, 9.17) is 17.4 Å². The predicted octanol–water partition coefficient (Wildman–Crippen LogP) is 2.03. The van der Waals surface area contributed by atoms with Crippen LogP contribution in [0.2, 0.25) is 5.02 Å². The van der Waals surface area contributed by atoms with Gasteiger partial charge < -0.3 is 0 Å². The third-order valence-corrected chi connectivity index (χ3v) is 3.05. The summed E-state index contributed by atoms with van der Waals surface area (Å²) in [5, 5.41) is 4.71. The van der Waals surface area contributed by atoms with Crippen LogP contribution in [-0.2, 0) is 6.54 Å². The van der Waals surface area contributed by atoms with Crippen molar-refractivity contribution in [2.75, 3.05) is 0 Å². The van der Waals surface area contributed by atoms with E-state index in [1.54, 1.807) is 16.9 Å². The lowest BCUT2D eigenvalue weighted by Gasteiger charge is -2.17. The lowest BCUT2D eigenvalue weighted by Crippen LogP contribution is -2.31. The van der Waals surface area contributed by atoms with Crippen LogP contribution in [0.1, 0.15) is 30.8 Å². The molecule has 19 heavy (non-hydrogen) atoms. The number of aromatic nitrogens is 3. The van der Waals surface area contributed by atoms with Crippen LogP contribution in [0.25, 0.3) is 0 Å². The van der Waals surface area contributed by atoms with Crippen LogP contribution < -0.4 is 11.3 Å². The summed E-state index contributed by atoms with van der Waals surface area (Å²) in [6.45, 7) is 2.77. The van der Waals surface area contributed by atoms with E-state index in [1.165, 1.54) is 6.07 Å². The van der Waals surface area contributed by atoms with Crippen LogP contribution in [-0.4, -0.2) is 14.8 Å². The van der Waals surface area contributed by atoms with Gasteiger partial charge in [-0.2, -0.15) is 5.10 Å². The second-order valence-corrected chi connectivity index (χ2v) is 4.51. The Kier molecular flexibility index (Phi) is 4.47. The molecule has 7 heteroatoms. The van der Waals surface area contributed by atoms with Crippen LogP contribution in [0.5, 0.6) is 0 Å². The van der Waals surface area contributed by atoms with Crippen molar-refractivity contribution in [1.82, 2.24) is 20.2 Å². The first-order chi connectivity index (χ1) is 9.17. The van der Waals surface area contributed by atoms with Gasteiger partial charge in [0.2, 0.25) is 0 Å². The van der Waals surface area contributed by atoms with Gasteiger partial charge in [0.05, 0.1) is 28.8 Å². The Bertz CT molecular complexity index is 540. The first-order valence-corrected chi connectivity index (χ1v) is 6.34. The summed E-state index contributed by atoms with van der Waals surface area (Å²) in [4.78, 5) is 4.03. The molecule has 2 rings (SSSR count). The van der Waals surface area contributed by atoms with Crippen LogP contribution >= 0.6 is 11.6 Å². The van der Waals surface area contributed by atoms with Crippen molar-refractivity contribution in [2.45, 2.75) is 25.9 Å². The molecule has 0 bridgehead atoms. The number of hydrogen-bond acceptors (Lipinski definition) is 4. The van der Waals surface area contributed by atoms with Gasteiger partial charge in [-0.15, -0.1) is 0 Å². The lowest BCUT2D eigenvalue weighted by atomic mass is 10.1. The summed E-state index contributed by atoms with van der Waals surface area (Å²) in [7, 11) is 0. The van der Waals surface area contributed by atoms with Crippen LogP contribution in [0.3, 0.4) is 0 Å². The Morgan fingerprint density at radius 3 is 2.84 bits per heavy atom. The van der Waals surface area contributed by atoms with Crippen molar-refractivity contribution >= 4 is 11.6 Å². The van der Waals surface area contributed by atoms with Crippen molar-refractivity contribution in [2.24, 2.45) is 5.84 Å². The van der Waals surface area contributed by atoms with E-state index >= 15 is 0 Å². The summed E-state index contributed by atoms with van der Waals surface area (Å²) in [5.74, 6) is 5.19. The third-order valence-electron chi connectivity index (χ3n) is 2.75. The summed E-state index contributed by atoms with van der Waals surface area (Å²) < 4.78 is 14.7. The maximum Gasteiger partial charge on any atom is 0.141 e. The van der Waals surface area contributed by atoms with Crippen molar-refractivity contribution < 1.29 is 4.39 Å². The number of halogens is 2. The number of nitrogens with one attached hydrogen (secondary N) is 1. The number of pyridine rings is 1. The Morgan fingerprint density at radius 1 is 1.47 bits per heavy atom. The SMILES string of the molecule is CCCn1ncc(Cl)c1C(NN)c1ccc(F)cn1. The minimum Gasteiger partial charge on any atom is -0.270 e. The molecule has 0 aliphatic heterocycles. The Hall–Kier alpha value is -1.50. The van der Waals surface area contributed by atoms with Crippen molar-refractivity contribution in [3.63, 3.8) is 0 Å². The molecule has 0 aromatic carbocycles. The van der Waals surface area contributed by atoms with E-state index in [9.17, 15) is 4.39 Å². The average molecular weight is 284 g/mol. The van der Waals surface area contributed by atoms with Gasteiger partial charge in [-0.25, -0.2) is 9.82 Å². The zero-order valence-electron chi connectivity index (χ0n) is 10.5. The van der Waals surface area contributed by atoms with Gasteiger partial charge in [-0.05, 0) is 18.6 Å². The van der Waals surface area contributed by atoms with Crippen molar-refractivity contribution in [3.05, 3.63) is 46.8 Å². The van der Waals surface area contributed by atoms with Gasteiger partial charge in [0, 0.05) is 6.54 Å². The first-order valence-electron chi connectivity index (χ1n) is 5.96. The number of nitrogens with two attached hydrogens (primary N) is 1. The highest BCUT2D eigenvalue weighted by molar-refractivity contribution is 6.31. The summed E-state index contributed by atoms with van der Waals surface area (Å²) in [5.41, 5.74) is 3.96. The smallest absolute Gasteiger partial charge is 0.141 e. The zero-order valence-corrected chi connectivity index (χ0v) is 11.2. The molecule has 0 saturated heterocycles. The molecule has 5 nitrogen and oxygen atoms in total. The monoisotopic (exact) mass is 283 g/mol. The Labute approximate surface area is 115 Å². The molecule has 2 aromatic rings. The number of nitrogens with zero attached hydrogens (tertiary/aromatic N) is 3. The highest BCUT2D eigenvalue weighted by Gasteiger charge is 2.22. The molecule has 3 N–H and O–H groups in total. The molecule has 0 aliphatic rings. The minimum absolute atomic E-state index is 0.396. The average Bonchev–Trinajstić information content (AvgIpc) is 2.76. The summed E-state index contributed by atoms with van der Waals surface area (Å²) in [6, 6.07) is 2.47. The molecule has 0 amide bonds. The van der Waals surface area contributed by atoms with Gasteiger partial charge >= 0.3 is 0 Å². The Morgan fingerprint density at radius 2 is 2.26 bits per heavy atom. The fourth-order valence-electron chi connectivity index (χ4n) is 1.91. The molecule has 0 radical (unpaired) electrons. The van der Waals surface area contributed by atoms with Crippen molar-refractivity contribution in [1.29, 1.82) is 0 Å². The van der Waals surface area contributed by atoms with E-state index in [0.29, 0.717) is 10.7 Å². The normalized spacial score (nSPS) is 12.6. The zero-order chi connectivity index (χ0) is 13.8. The highest BCUT2D eigenvalue weighted by atomic mass is 35.5. The molecule has 0 saturated carbocycles. The molecule has 2 aromatic heterocycles. The van der Waals surface area contributed by atoms with Gasteiger partial charge in [0.15, 0.2) is 0 Å². The number of rotatable bonds is 5. The molecule has 0 spiro atoms. The minimum atomic E-state index is -0.429.